The van der Waals surface area contributed by atoms with Crippen LogP contribution < -0.4 is 0 Å². The minimum atomic E-state index is 0.708. The van der Waals surface area contributed by atoms with Crippen LogP contribution in [0.25, 0.3) is 11.0 Å². The Kier molecular flexibility index (Phi) is 2.57. The summed E-state index contributed by atoms with van der Waals surface area (Å²) in [5.41, 5.74) is 3.54. The molecule has 0 radical (unpaired) electrons. The molecule has 0 saturated heterocycles. The SMILES string of the molecule is C(#Cc1cnc2cscc2n1)c1ccccc1. The first-order chi connectivity index (χ1) is 8.42. The lowest BCUT2D eigenvalue weighted by atomic mass is 10.2. The van der Waals surface area contributed by atoms with Gasteiger partial charge in [0.05, 0.1) is 11.7 Å². The van der Waals surface area contributed by atoms with Gasteiger partial charge < -0.3 is 0 Å². The molecule has 0 spiro atoms. The predicted molar refractivity (Wildman–Crippen MR) is 69.8 cm³/mol. The Balaban J connectivity index is 1.97. The first-order valence-corrected chi connectivity index (χ1v) is 6.12. The zero-order valence-corrected chi connectivity index (χ0v) is 9.74. The molecule has 80 valence electrons. The Hall–Kier alpha value is -2.18. The average molecular weight is 236 g/mol. The highest BCUT2D eigenvalue weighted by atomic mass is 32.1. The van der Waals surface area contributed by atoms with Crippen molar-refractivity contribution in [1.82, 2.24) is 9.97 Å². The van der Waals surface area contributed by atoms with Gasteiger partial charge in [-0.2, -0.15) is 0 Å². The van der Waals surface area contributed by atoms with Crippen LogP contribution in [0.15, 0.2) is 47.3 Å². The normalized spacial score (nSPS) is 9.88. The Labute approximate surface area is 103 Å². The summed E-state index contributed by atoms with van der Waals surface area (Å²) in [6.45, 7) is 0. The molecule has 0 amide bonds. The van der Waals surface area contributed by atoms with Crippen LogP contribution in [0.3, 0.4) is 0 Å². The fourth-order valence-electron chi connectivity index (χ4n) is 1.47. The number of nitrogens with zero attached hydrogens (tertiary/aromatic N) is 2. The van der Waals surface area contributed by atoms with E-state index in [-0.39, 0.29) is 0 Å². The minimum absolute atomic E-state index is 0.708. The third-order valence-corrected chi connectivity index (χ3v) is 3.02. The van der Waals surface area contributed by atoms with Crippen LogP contribution >= 0.6 is 11.3 Å². The molecule has 2 nitrogen and oxygen atoms in total. The van der Waals surface area contributed by atoms with Gasteiger partial charge in [-0.1, -0.05) is 24.1 Å². The van der Waals surface area contributed by atoms with E-state index in [1.165, 1.54) is 0 Å². The maximum Gasteiger partial charge on any atom is 0.132 e. The highest BCUT2D eigenvalue weighted by Gasteiger charge is 1.97. The van der Waals surface area contributed by atoms with Crippen LogP contribution in [0.2, 0.25) is 0 Å². The van der Waals surface area contributed by atoms with E-state index in [0.29, 0.717) is 5.69 Å². The molecule has 1 aromatic carbocycles. The summed E-state index contributed by atoms with van der Waals surface area (Å²) < 4.78 is 0. The van der Waals surface area contributed by atoms with Crippen molar-refractivity contribution in [2.24, 2.45) is 0 Å². The fourth-order valence-corrected chi connectivity index (χ4v) is 2.15. The standard InChI is InChI=1S/C14H8N2S/c1-2-4-11(5-3-1)6-7-12-8-15-13-9-17-10-14(13)16-12/h1-5,8-10H. The third kappa shape index (κ3) is 2.17. The van der Waals surface area contributed by atoms with Crippen molar-refractivity contribution in [2.75, 3.05) is 0 Å². The Morgan fingerprint density at radius 2 is 1.76 bits per heavy atom. The second-order valence-corrected chi connectivity index (χ2v) is 4.26. The lowest BCUT2D eigenvalue weighted by Crippen LogP contribution is -1.85. The van der Waals surface area contributed by atoms with Crippen LogP contribution in [0.4, 0.5) is 0 Å². The first-order valence-electron chi connectivity index (χ1n) is 5.18. The van der Waals surface area contributed by atoms with Gasteiger partial charge in [-0.25, -0.2) is 4.98 Å². The topological polar surface area (TPSA) is 25.8 Å². The summed E-state index contributed by atoms with van der Waals surface area (Å²) in [7, 11) is 0. The van der Waals surface area contributed by atoms with Crippen molar-refractivity contribution >= 4 is 22.4 Å². The fraction of sp³-hybridized carbons (Fsp3) is 0. The maximum absolute atomic E-state index is 4.42. The van der Waals surface area contributed by atoms with Gasteiger partial charge in [-0.15, -0.1) is 11.3 Å². The van der Waals surface area contributed by atoms with Gasteiger partial charge in [0.15, 0.2) is 0 Å². The van der Waals surface area contributed by atoms with Crippen LogP contribution in [-0.2, 0) is 0 Å². The molecule has 0 saturated carbocycles. The number of thiophene rings is 1. The number of hydrogen-bond acceptors (Lipinski definition) is 3. The van der Waals surface area contributed by atoms with Gasteiger partial charge >= 0.3 is 0 Å². The number of fused-ring (bicyclic) bond motifs is 1. The highest BCUT2D eigenvalue weighted by Crippen LogP contribution is 2.13. The molecule has 3 rings (SSSR count). The van der Waals surface area contributed by atoms with Gasteiger partial charge in [0.1, 0.15) is 11.2 Å². The van der Waals surface area contributed by atoms with E-state index in [9.17, 15) is 0 Å². The van der Waals surface area contributed by atoms with Crippen molar-refractivity contribution in [1.29, 1.82) is 0 Å². The Bertz CT molecular complexity index is 705. The molecule has 0 unspecified atom stereocenters. The van der Waals surface area contributed by atoms with Crippen molar-refractivity contribution < 1.29 is 0 Å². The second-order valence-electron chi connectivity index (χ2n) is 3.51. The summed E-state index contributed by atoms with van der Waals surface area (Å²) in [6.07, 6.45) is 1.71. The number of aromatic nitrogens is 2. The van der Waals surface area contributed by atoms with Crippen molar-refractivity contribution in [3.05, 3.63) is 58.5 Å². The smallest absolute Gasteiger partial charge is 0.132 e. The maximum atomic E-state index is 4.42. The molecule has 2 aromatic heterocycles. The predicted octanol–water partition coefficient (Wildman–Crippen LogP) is 3.09. The van der Waals surface area contributed by atoms with Crippen LogP contribution in [0.5, 0.6) is 0 Å². The molecule has 17 heavy (non-hydrogen) atoms. The van der Waals surface area contributed by atoms with E-state index in [2.05, 4.69) is 21.8 Å². The summed E-state index contributed by atoms with van der Waals surface area (Å²) >= 11 is 1.60. The summed E-state index contributed by atoms with van der Waals surface area (Å²) in [5.74, 6) is 6.09. The molecule has 0 N–H and O–H groups in total. The molecule has 0 bridgehead atoms. The molecular weight excluding hydrogens is 228 g/mol. The largest absolute Gasteiger partial charge is 0.251 e. The van der Waals surface area contributed by atoms with Gasteiger partial charge in [0.2, 0.25) is 0 Å². The van der Waals surface area contributed by atoms with E-state index in [4.69, 9.17) is 0 Å². The van der Waals surface area contributed by atoms with Crippen LogP contribution in [0, 0.1) is 11.8 Å². The highest BCUT2D eigenvalue weighted by molar-refractivity contribution is 7.09. The first kappa shape index (κ1) is 10.0. The molecule has 0 aliphatic carbocycles. The lowest BCUT2D eigenvalue weighted by molar-refractivity contribution is 1.27. The molecular formula is C14H8N2S. The second kappa shape index (κ2) is 4.36. The third-order valence-electron chi connectivity index (χ3n) is 2.30. The number of rotatable bonds is 0. The van der Waals surface area contributed by atoms with Gasteiger partial charge in [-0.3, -0.25) is 4.98 Å². The summed E-state index contributed by atoms with van der Waals surface area (Å²) in [4.78, 5) is 8.72. The van der Waals surface area contributed by atoms with E-state index in [1.807, 2.05) is 41.1 Å². The lowest BCUT2D eigenvalue weighted by Gasteiger charge is -1.90. The van der Waals surface area contributed by atoms with Crippen LogP contribution in [0.1, 0.15) is 11.3 Å². The molecule has 0 fully saturated rings. The monoisotopic (exact) mass is 236 g/mol. The molecule has 0 aliphatic heterocycles. The number of hydrogen-bond donors (Lipinski definition) is 0. The quantitative estimate of drug-likeness (QED) is 0.560. The minimum Gasteiger partial charge on any atom is -0.251 e. The van der Waals surface area contributed by atoms with Gasteiger partial charge in [0, 0.05) is 16.3 Å². The summed E-state index contributed by atoms with van der Waals surface area (Å²) in [5, 5.41) is 3.97. The zero-order valence-electron chi connectivity index (χ0n) is 8.92. The van der Waals surface area contributed by atoms with E-state index >= 15 is 0 Å². The van der Waals surface area contributed by atoms with Crippen molar-refractivity contribution in [3.8, 4) is 11.8 Å². The van der Waals surface area contributed by atoms with E-state index in [1.54, 1.807) is 17.5 Å². The molecule has 3 heteroatoms. The van der Waals surface area contributed by atoms with E-state index in [0.717, 1.165) is 16.6 Å². The molecule has 2 heterocycles. The van der Waals surface area contributed by atoms with Gasteiger partial charge in [-0.05, 0) is 18.1 Å². The molecule has 0 aliphatic rings. The van der Waals surface area contributed by atoms with Crippen molar-refractivity contribution in [3.63, 3.8) is 0 Å². The Morgan fingerprint density at radius 1 is 0.941 bits per heavy atom. The Morgan fingerprint density at radius 3 is 2.65 bits per heavy atom. The van der Waals surface area contributed by atoms with Crippen molar-refractivity contribution in [2.45, 2.75) is 0 Å². The van der Waals surface area contributed by atoms with E-state index < -0.39 is 0 Å². The van der Waals surface area contributed by atoms with Crippen LogP contribution in [-0.4, -0.2) is 9.97 Å². The number of benzene rings is 1. The molecule has 3 aromatic rings. The molecule has 0 atom stereocenters. The van der Waals surface area contributed by atoms with Gasteiger partial charge in [0.25, 0.3) is 0 Å². The average Bonchev–Trinajstić information content (AvgIpc) is 2.85. The zero-order chi connectivity index (χ0) is 11.5. The summed E-state index contributed by atoms with van der Waals surface area (Å²) in [6, 6.07) is 9.87.